The van der Waals surface area contributed by atoms with Crippen LogP contribution >= 0.6 is 0 Å². The fraction of sp³-hybridized carbons (Fsp3) is 0.667. The average Bonchev–Trinajstić information content (AvgIpc) is 3.15. The molecule has 2 aliphatic rings. The van der Waals surface area contributed by atoms with Gasteiger partial charge in [0.25, 0.3) is 0 Å². The summed E-state index contributed by atoms with van der Waals surface area (Å²) in [6, 6.07) is 8.25. The van der Waals surface area contributed by atoms with Crippen LogP contribution in [0.1, 0.15) is 57.6 Å². The molecule has 1 aliphatic heterocycles. The third-order valence-electron chi connectivity index (χ3n) is 6.00. The van der Waals surface area contributed by atoms with Gasteiger partial charge in [0.05, 0.1) is 11.8 Å². The molecule has 0 radical (unpaired) electrons. The lowest BCUT2D eigenvalue weighted by Crippen LogP contribution is -2.47. The standard InChI is InChI=1S/C21H34N4O3S/c1-4-25(5-2)29(26,27)15-14-23-20(22-3)24-18-16-21(12-8-9-13-21)28-19-11-7-6-10-17(18)19/h6-7,10-11,18H,4-5,8-9,12-16H2,1-3H3,(H2,22,23,24). The average molecular weight is 423 g/mol. The first-order valence-electron chi connectivity index (χ1n) is 10.7. The highest BCUT2D eigenvalue weighted by molar-refractivity contribution is 7.89. The van der Waals surface area contributed by atoms with Crippen LogP contribution in [0.4, 0.5) is 0 Å². The third-order valence-corrected chi connectivity index (χ3v) is 8.02. The van der Waals surface area contributed by atoms with Crippen molar-refractivity contribution >= 4 is 16.0 Å². The maximum absolute atomic E-state index is 12.4. The van der Waals surface area contributed by atoms with E-state index in [2.05, 4.69) is 21.7 Å². The van der Waals surface area contributed by atoms with Crippen LogP contribution in [0.2, 0.25) is 0 Å². The quantitative estimate of drug-likeness (QED) is 0.521. The zero-order valence-electron chi connectivity index (χ0n) is 17.8. The summed E-state index contributed by atoms with van der Waals surface area (Å²) < 4.78 is 32.7. The molecule has 8 heteroatoms. The number of aliphatic imine (C=N–C) groups is 1. The Morgan fingerprint density at radius 3 is 2.59 bits per heavy atom. The van der Waals surface area contributed by atoms with Gasteiger partial charge in [-0.15, -0.1) is 0 Å². The van der Waals surface area contributed by atoms with Crippen molar-refractivity contribution in [3.05, 3.63) is 29.8 Å². The molecule has 1 unspecified atom stereocenters. The van der Waals surface area contributed by atoms with Crippen molar-refractivity contribution in [1.82, 2.24) is 14.9 Å². The number of fused-ring (bicyclic) bond motifs is 1. The maximum Gasteiger partial charge on any atom is 0.215 e. The molecule has 1 fully saturated rings. The topological polar surface area (TPSA) is 83.0 Å². The van der Waals surface area contributed by atoms with Gasteiger partial charge in [-0.1, -0.05) is 32.0 Å². The Kier molecular flexibility index (Phi) is 7.05. The number of benzene rings is 1. The van der Waals surface area contributed by atoms with E-state index in [-0.39, 0.29) is 17.4 Å². The molecule has 1 heterocycles. The molecule has 1 aromatic carbocycles. The van der Waals surface area contributed by atoms with Gasteiger partial charge in [0.1, 0.15) is 11.4 Å². The number of hydrogen-bond donors (Lipinski definition) is 2. The van der Waals surface area contributed by atoms with Gasteiger partial charge in [-0.2, -0.15) is 0 Å². The van der Waals surface area contributed by atoms with Gasteiger partial charge in [-0.25, -0.2) is 12.7 Å². The SMILES string of the molecule is CCN(CC)S(=O)(=O)CCNC(=NC)NC1CC2(CCCC2)Oc2ccccc21. The molecule has 1 atom stereocenters. The molecule has 162 valence electrons. The second-order valence-electron chi connectivity index (χ2n) is 7.83. The fourth-order valence-corrected chi connectivity index (χ4v) is 5.88. The highest BCUT2D eigenvalue weighted by Gasteiger charge is 2.43. The van der Waals surface area contributed by atoms with Gasteiger partial charge in [-0.05, 0) is 31.7 Å². The Hall–Kier alpha value is -1.80. The van der Waals surface area contributed by atoms with Crippen molar-refractivity contribution in [2.75, 3.05) is 32.4 Å². The second kappa shape index (κ2) is 9.34. The van der Waals surface area contributed by atoms with Crippen LogP contribution in [0.25, 0.3) is 0 Å². The Labute approximate surface area is 175 Å². The van der Waals surface area contributed by atoms with Gasteiger partial charge in [0, 0.05) is 38.7 Å². The first-order chi connectivity index (χ1) is 13.9. The molecule has 1 spiro atoms. The van der Waals surface area contributed by atoms with Crippen molar-refractivity contribution in [1.29, 1.82) is 0 Å². The zero-order valence-corrected chi connectivity index (χ0v) is 18.6. The lowest BCUT2D eigenvalue weighted by atomic mass is 9.86. The minimum absolute atomic E-state index is 0.0453. The number of guanidine groups is 1. The predicted octanol–water partition coefficient (Wildman–Crippen LogP) is 2.66. The minimum Gasteiger partial charge on any atom is -0.487 e. The van der Waals surface area contributed by atoms with E-state index in [1.165, 1.54) is 17.1 Å². The van der Waals surface area contributed by atoms with Crippen molar-refractivity contribution < 1.29 is 13.2 Å². The summed E-state index contributed by atoms with van der Waals surface area (Å²) in [7, 11) is -1.55. The van der Waals surface area contributed by atoms with E-state index in [0.29, 0.717) is 25.6 Å². The molecule has 0 amide bonds. The highest BCUT2D eigenvalue weighted by Crippen LogP contribution is 2.46. The number of rotatable bonds is 7. The Bertz CT molecular complexity index is 815. The Balaban J connectivity index is 1.66. The molecule has 1 saturated carbocycles. The zero-order chi connectivity index (χ0) is 20.9. The monoisotopic (exact) mass is 422 g/mol. The molecule has 1 aromatic rings. The first kappa shape index (κ1) is 21.9. The van der Waals surface area contributed by atoms with E-state index in [1.807, 2.05) is 32.0 Å². The lowest BCUT2D eigenvalue weighted by Gasteiger charge is -2.40. The number of nitrogens with one attached hydrogen (secondary N) is 2. The van der Waals surface area contributed by atoms with Gasteiger partial charge in [-0.3, -0.25) is 4.99 Å². The summed E-state index contributed by atoms with van der Waals surface area (Å²) in [4.78, 5) is 4.32. The maximum atomic E-state index is 12.4. The number of para-hydroxylation sites is 1. The van der Waals surface area contributed by atoms with Gasteiger partial charge in [0.15, 0.2) is 5.96 Å². The van der Waals surface area contributed by atoms with E-state index in [4.69, 9.17) is 4.74 Å². The van der Waals surface area contributed by atoms with Crippen molar-refractivity contribution in [2.45, 2.75) is 57.6 Å². The highest BCUT2D eigenvalue weighted by atomic mass is 32.2. The van der Waals surface area contributed by atoms with Crippen LogP contribution in [0, 0.1) is 0 Å². The van der Waals surface area contributed by atoms with E-state index < -0.39 is 10.0 Å². The van der Waals surface area contributed by atoms with Gasteiger partial charge < -0.3 is 15.4 Å². The summed E-state index contributed by atoms with van der Waals surface area (Å²) >= 11 is 0. The predicted molar refractivity (Wildman–Crippen MR) is 117 cm³/mol. The minimum atomic E-state index is -3.26. The summed E-state index contributed by atoms with van der Waals surface area (Å²) in [6.07, 6.45) is 5.44. The summed E-state index contributed by atoms with van der Waals surface area (Å²) in [6.45, 7) is 5.01. The van der Waals surface area contributed by atoms with Crippen LogP contribution in [0.15, 0.2) is 29.3 Å². The molecular weight excluding hydrogens is 388 g/mol. The number of ether oxygens (including phenoxy) is 1. The molecular formula is C21H34N4O3S. The Morgan fingerprint density at radius 2 is 1.93 bits per heavy atom. The van der Waals surface area contributed by atoms with Gasteiger partial charge in [0.2, 0.25) is 10.0 Å². The molecule has 0 aromatic heterocycles. The normalized spacial score (nSPS) is 21.1. The third kappa shape index (κ3) is 5.04. The smallest absolute Gasteiger partial charge is 0.215 e. The largest absolute Gasteiger partial charge is 0.487 e. The molecule has 2 N–H and O–H groups in total. The number of nitrogens with zero attached hydrogens (tertiary/aromatic N) is 2. The van der Waals surface area contributed by atoms with E-state index in [1.54, 1.807) is 7.05 Å². The van der Waals surface area contributed by atoms with E-state index in [0.717, 1.165) is 30.6 Å². The van der Waals surface area contributed by atoms with Crippen molar-refractivity contribution in [2.24, 2.45) is 4.99 Å². The molecule has 0 saturated heterocycles. The molecule has 7 nitrogen and oxygen atoms in total. The van der Waals surface area contributed by atoms with E-state index >= 15 is 0 Å². The van der Waals surface area contributed by atoms with Crippen molar-refractivity contribution in [3.63, 3.8) is 0 Å². The number of hydrogen-bond acceptors (Lipinski definition) is 4. The summed E-state index contributed by atoms with van der Waals surface area (Å²) in [5.74, 6) is 1.61. The van der Waals surface area contributed by atoms with Crippen LogP contribution < -0.4 is 15.4 Å². The van der Waals surface area contributed by atoms with E-state index in [9.17, 15) is 8.42 Å². The van der Waals surface area contributed by atoms with Crippen molar-refractivity contribution in [3.8, 4) is 5.75 Å². The first-order valence-corrected chi connectivity index (χ1v) is 12.3. The van der Waals surface area contributed by atoms with Gasteiger partial charge >= 0.3 is 0 Å². The molecule has 29 heavy (non-hydrogen) atoms. The second-order valence-corrected chi connectivity index (χ2v) is 9.92. The lowest BCUT2D eigenvalue weighted by molar-refractivity contribution is 0.0396. The molecule has 1 aliphatic carbocycles. The summed E-state index contributed by atoms with van der Waals surface area (Å²) in [5, 5.41) is 6.68. The summed E-state index contributed by atoms with van der Waals surface area (Å²) in [5.41, 5.74) is 1.03. The van der Waals surface area contributed by atoms with Crippen LogP contribution in [-0.4, -0.2) is 56.7 Å². The number of sulfonamides is 1. The molecule has 0 bridgehead atoms. The van der Waals surface area contributed by atoms with Crippen LogP contribution in [0.5, 0.6) is 5.75 Å². The van der Waals surface area contributed by atoms with Crippen LogP contribution in [-0.2, 0) is 10.0 Å². The fourth-order valence-electron chi connectivity index (χ4n) is 4.48. The van der Waals surface area contributed by atoms with Crippen LogP contribution in [0.3, 0.4) is 0 Å². The molecule has 3 rings (SSSR count). The Morgan fingerprint density at radius 1 is 1.24 bits per heavy atom.